The van der Waals surface area contributed by atoms with E-state index in [2.05, 4.69) is 180 Å². The number of amidine groups is 2. The summed E-state index contributed by atoms with van der Waals surface area (Å²) in [6.07, 6.45) is -0.227. The molecule has 4 nitrogen and oxygen atoms in total. The summed E-state index contributed by atoms with van der Waals surface area (Å²) in [5, 5.41) is 8.67. The first-order valence-electron chi connectivity index (χ1n) is 18.9. The van der Waals surface area contributed by atoms with Crippen molar-refractivity contribution in [1.29, 1.82) is 0 Å². The number of hydrogen-bond donors (Lipinski definition) is 1. The third-order valence-electron chi connectivity index (χ3n) is 10.9. The van der Waals surface area contributed by atoms with Crippen molar-refractivity contribution in [3.63, 3.8) is 0 Å². The van der Waals surface area contributed by atoms with E-state index in [0.717, 1.165) is 28.4 Å². The molecule has 0 saturated carbocycles. The van der Waals surface area contributed by atoms with Crippen molar-refractivity contribution in [3.8, 4) is 27.9 Å². The second kappa shape index (κ2) is 13.3. The third-order valence-corrected chi connectivity index (χ3v) is 12.0. The Morgan fingerprint density at radius 2 is 1.04 bits per heavy atom. The van der Waals surface area contributed by atoms with Gasteiger partial charge in [0.15, 0.2) is 5.84 Å². The summed E-state index contributed by atoms with van der Waals surface area (Å²) >= 11 is 1.82. The molecule has 2 aromatic heterocycles. The summed E-state index contributed by atoms with van der Waals surface area (Å²) in [5.74, 6) is 1.56. The molecule has 1 aliphatic heterocycles. The summed E-state index contributed by atoms with van der Waals surface area (Å²) in [6, 6.07) is 69.3. The maximum Gasteiger partial charge on any atom is 0.159 e. The Morgan fingerprint density at radius 1 is 0.429 bits per heavy atom. The highest BCUT2D eigenvalue weighted by molar-refractivity contribution is 7.25. The van der Waals surface area contributed by atoms with Crippen LogP contribution in [0.15, 0.2) is 204 Å². The highest BCUT2D eigenvalue weighted by atomic mass is 32.1. The van der Waals surface area contributed by atoms with Crippen LogP contribution in [0.1, 0.15) is 22.9 Å². The minimum Gasteiger partial charge on any atom is -0.344 e. The molecule has 5 heteroatoms. The van der Waals surface area contributed by atoms with E-state index in [9.17, 15) is 0 Å². The minimum atomic E-state index is -0.227. The first-order chi connectivity index (χ1) is 27.7. The molecule has 11 rings (SSSR count). The van der Waals surface area contributed by atoms with E-state index < -0.39 is 0 Å². The number of nitrogens with one attached hydrogen (secondary N) is 1. The maximum atomic E-state index is 5.04. The van der Waals surface area contributed by atoms with E-state index in [1.54, 1.807) is 0 Å². The van der Waals surface area contributed by atoms with Crippen LogP contribution in [0.4, 0.5) is 0 Å². The molecule has 3 heterocycles. The van der Waals surface area contributed by atoms with Crippen molar-refractivity contribution >= 4 is 65.0 Å². The Labute approximate surface area is 328 Å². The molecule has 1 unspecified atom stereocenters. The topological polar surface area (TPSA) is 41.7 Å². The number of benzene rings is 8. The monoisotopic (exact) mass is 734 g/mol. The summed E-state index contributed by atoms with van der Waals surface area (Å²) in [4.78, 5) is 10.1. The number of aliphatic imine (C=N–C) groups is 2. The lowest BCUT2D eigenvalue weighted by molar-refractivity contribution is 0.674. The molecule has 1 atom stereocenters. The van der Waals surface area contributed by atoms with Gasteiger partial charge < -0.3 is 9.88 Å². The van der Waals surface area contributed by atoms with E-state index in [1.165, 1.54) is 69.9 Å². The zero-order valence-corrected chi connectivity index (χ0v) is 31.1. The fourth-order valence-electron chi connectivity index (χ4n) is 8.09. The van der Waals surface area contributed by atoms with Gasteiger partial charge in [-0.15, -0.1) is 11.3 Å². The van der Waals surface area contributed by atoms with Gasteiger partial charge in [0.2, 0.25) is 0 Å². The average Bonchev–Trinajstić information content (AvgIpc) is 3.82. The van der Waals surface area contributed by atoms with Gasteiger partial charge in [-0.05, 0) is 76.3 Å². The van der Waals surface area contributed by atoms with Crippen LogP contribution in [0.2, 0.25) is 0 Å². The Balaban J connectivity index is 0.913. The zero-order valence-electron chi connectivity index (χ0n) is 30.3. The number of fused-ring (bicyclic) bond motifs is 6. The highest BCUT2D eigenvalue weighted by Crippen LogP contribution is 2.39. The zero-order chi connectivity index (χ0) is 37.0. The molecular formula is C51H34N4S. The van der Waals surface area contributed by atoms with Crippen molar-refractivity contribution in [3.05, 3.63) is 211 Å². The number of para-hydroxylation sites is 2. The van der Waals surface area contributed by atoms with Gasteiger partial charge in [-0.2, -0.15) is 0 Å². The molecule has 56 heavy (non-hydrogen) atoms. The van der Waals surface area contributed by atoms with Gasteiger partial charge in [0.25, 0.3) is 0 Å². The molecule has 1 aliphatic rings. The van der Waals surface area contributed by atoms with E-state index in [0.29, 0.717) is 0 Å². The lowest BCUT2D eigenvalue weighted by atomic mass is 9.98. The van der Waals surface area contributed by atoms with Gasteiger partial charge in [-0.3, -0.25) is 0 Å². The Morgan fingerprint density at radius 3 is 1.80 bits per heavy atom. The predicted molar refractivity (Wildman–Crippen MR) is 236 cm³/mol. The minimum absolute atomic E-state index is 0.227. The Bertz CT molecular complexity index is 3140. The van der Waals surface area contributed by atoms with E-state index in [-0.39, 0.29) is 6.17 Å². The standard InChI is InChI=1S/C51H34N4S/c1-4-12-35(13-5-1)49-52-50(36-14-6-2-7-15-36)54-51(53-49)39-24-27-42-44-31-38(26-29-47(44)56-48(42)32-39)34-22-20-33(21-23-34)37-25-28-46-43(30-37)41-18-10-11-19-45(41)55(46)40-16-8-3-9-17-40/h1-32,49H,(H,52,53,54). The van der Waals surface area contributed by atoms with Gasteiger partial charge in [0, 0.05) is 47.8 Å². The number of thiophene rings is 1. The summed E-state index contributed by atoms with van der Waals surface area (Å²) in [7, 11) is 0. The molecule has 0 spiro atoms. The largest absolute Gasteiger partial charge is 0.344 e. The lowest BCUT2D eigenvalue weighted by Gasteiger charge is -2.23. The molecule has 8 aromatic carbocycles. The first kappa shape index (κ1) is 32.4. The predicted octanol–water partition coefficient (Wildman–Crippen LogP) is 13.0. The van der Waals surface area contributed by atoms with Crippen LogP contribution in [-0.2, 0) is 0 Å². The van der Waals surface area contributed by atoms with Crippen molar-refractivity contribution in [1.82, 2.24) is 9.88 Å². The van der Waals surface area contributed by atoms with Gasteiger partial charge in [0.05, 0.1) is 11.0 Å². The van der Waals surface area contributed by atoms with Crippen LogP contribution in [-0.4, -0.2) is 16.2 Å². The van der Waals surface area contributed by atoms with Crippen molar-refractivity contribution in [2.24, 2.45) is 9.98 Å². The fourth-order valence-corrected chi connectivity index (χ4v) is 9.21. The average molecular weight is 735 g/mol. The molecule has 0 aliphatic carbocycles. The molecule has 0 bridgehead atoms. The van der Waals surface area contributed by atoms with Crippen molar-refractivity contribution < 1.29 is 0 Å². The summed E-state index contributed by atoms with van der Waals surface area (Å²) < 4.78 is 4.87. The van der Waals surface area contributed by atoms with E-state index >= 15 is 0 Å². The SMILES string of the molecule is c1ccc(C2=NC(c3ccccc3)NC(c3ccc4c(c3)sc3ccc(-c5ccc(-c6ccc7c(c6)c6ccccc6n7-c6ccccc6)cc5)cc34)=N2)cc1. The highest BCUT2D eigenvalue weighted by Gasteiger charge is 2.22. The third kappa shape index (κ3) is 5.60. The lowest BCUT2D eigenvalue weighted by Crippen LogP contribution is -2.33. The summed E-state index contributed by atoms with van der Waals surface area (Å²) in [6.45, 7) is 0. The normalized spacial score (nSPS) is 14.2. The van der Waals surface area contributed by atoms with Gasteiger partial charge in [-0.1, -0.05) is 146 Å². The van der Waals surface area contributed by atoms with Crippen LogP contribution in [0, 0.1) is 0 Å². The number of nitrogens with zero attached hydrogens (tertiary/aromatic N) is 3. The Kier molecular flexibility index (Phi) is 7.71. The van der Waals surface area contributed by atoms with Crippen LogP contribution in [0.3, 0.4) is 0 Å². The van der Waals surface area contributed by atoms with Gasteiger partial charge >= 0.3 is 0 Å². The van der Waals surface area contributed by atoms with Crippen molar-refractivity contribution in [2.45, 2.75) is 6.17 Å². The first-order valence-corrected chi connectivity index (χ1v) is 19.7. The molecule has 0 radical (unpaired) electrons. The van der Waals surface area contributed by atoms with E-state index in [4.69, 9.17) is 9.98 Å². The van der Waals surface area contributed by atoms with Crippen LogP contribution >= 0.6 is 11.3 Å². The molecule has 0 amide bonds. The molecule has 1 N–H and O–H groups in total. The number of rotatable bonds is 6. The van der Waals surface area contributed by atoms with Gasteiger partial charge in [-0.25, -0.2) is 9.98 Å². The second-order valence-corrected chi connectivity index (χ2v) is 15.3. The maximum absolute atomic E-state index is 5.04. The van der Waals surface area contributed by atoms with Crippen molar-refractivity contribution in [2.75, 3.05) is 0 Å². The summed E-state index contributed by atoms with van der Waals surface area (Å²) in [5.41, 5.74) is 11.6. The fraction of sp³-hybridized carbons (Fsp3) is 0.0196. The quantitative estimate of drug-likeness (QED) is 0.182. The molecule has 10 aromatic rings. The van der Waals surface area contributed by atoms with Crippen LogP contribution < -0.4 is 5.32 Å². The molecule has 264 valence electrons. The van der Waals surface area contributed by atoms with Crippen LogP contribution in [0.5, 0.6) is 0 Å². The molecule has 0 saturated heterocycles. The smallest absolute Gasteiger partial charge is 0.159 e. The van der Waals surface area contributed by atoms with Gasteiger partial charge in [0.1, 0.15) is 12.0 Å². The molecular weight excluding hydrogens is 701 g/mol. The molecule has 0 fully saturated rings. The van der Waals surface area contributed by atoms with E-state index in [1.807, 2.05) is 35.6 Å². The second-order valence-electron chi connectivity index (χ2n) is 14.3. The number of hydrogen-bond acceptors (Lipinski definition) is 4. The Hall–Kier alpha value is -7.08. The number of aromatic nitrogens is 1. The van der Waals surface area contributed by atoms with Crippen LogP contribution in [0.25, 0.3) is 69.9 Å².